The SMILES string of the molecule is C/C=C/[C@@H](O)[C@@H](C)/C=C/OC(=O)N(C(C)C)C(C)C. The van der Waals surface area contributed by atoms with Crippen LogP contribution in [0.4, 0.5) is 4.79 Å². The van der Waals surface area contributed by atoms with Gasteiger partial charge in [-0.2, -0.15) is 0 Å². The van der Waals surface area contributed by atoms with Crippen molar-refractivity contribution in [1.29, 1.82) is 0 Å². The van der Waals surface area contributed by atoms with Crippen LogP contribution in [-0.2, 0) is 4.74 Å². The molecule has 4 heteroatoms. The lowest BCUT2D eigenvalue weighted by Gasteiger charge is -2.28. The van der Waals surface area contributed by atoms with Crippen LogP contribution in [0.5, 0.6) is 0 Å². The van der Waals surface area contributed by atoms with Crippen molar-refractivity contribution < 1.29 is 14.6 Å². The Balaban J connectivity index is 4.42. The van der Waals surface area contributed by atoms with Gasteiger partial charge in [0.15, 0.2) is 0 Å². The Hall–Kier alpha value is -1.29. The van der Waals surface area contributed by atoms with Crippen molar-refractivity contribution >= 4 is 6.09 Å². The molecule has 0 unspecified atom stereocenters. The number of hydrogen-bond donors (Lipinski definition) is 1. The maximum Gasteiger partial charge on any atom is 0.415 e. The zero-order valence-electron chi connectivity index (χ0n) is 12.8. The van der Waals surface area contributed by atoms with Gasteiger partial charge in [0.2, 0.25) is 0 Å². The molecule has 0 fully saturated rings. The van der Waals surface area contributed by atoms with Gasteiger partial charge in [0, 0.05) is 18.0 Å². The molecule has 0 saturated heterocycles. The molecule has 0 rings (SSSR count). The molecule has 0 aliphatic heterocycles. The van der Waals surface area contributed by atoms with Crippen LogP contribution in [0.1, 0.15) is 41.5 Å². The molecule has 0 radical (unpaired) electrons. The first-order valence-corrected chi connectivity index (χ1v) is 6.77. The second-order valence-electron chi connectivity index (χ2n) is 5.18. The highest BCUT2D eigenvalue weighted by molar-refractivity contribution is 5.68. The molecule has 4 nitrogen and oxygen atoms in total. The van der Waals surface area contributed by atoms with Gasteiger partial charge in [0.1, 0.15) is 0 Å². The predicted octanol–water partition coefficient (Wildman–Crippen LogP) is 3.33. The lowest BCUT2D eigenvalue weighted by molar-refractivity contribution is 0.108. The lowest BCUT2D eigenvalue weighted by Crippen LogP contribution is -2.41. The van der Waals surface area contributed by atoms with Crippen LogP contribution in [0.25, 0.3) is 0 Å². The molecule has 0 heterocycles. The van der Waals surface area contributed by atoms with Gasteiger partial charge in [-0.15, -0.1) is 0 Å². The third kappa shape index (κ3) is 6.43. The van der Waals surface area contributed by atoms with Crippen LogP contribution >= 0.6 is 0 Å². The smallest absolute Gasteiger partial charge is 0.415 e. The Morgan fingerprint density at radius 1 is 1.11 bits per heavy atom. The quantitative estimate of drug-likeness (QED) is 0.594. The monoisotopic (exact) mass is 269 g/mol. The van der Waals surface area contributed by atoms with Gasteiger partial charge < -0.3 is 14.7 Å². The number of amides is 1. The minimum absolute atomic E-state index is 0.0898. The Morgan fingerprint density at radius 2 is 1.63 bits per heavy atom. The number of aliphatic hydroxyl groups excluding tert-OH is 1. The zero-order valence-corrected chi connectivity index (χ0v) is 12.8. The van der Waals surface area contributed by atoms with Crippen LogP contribution in [0.15, 0.2) is 24.5 Å². The highest BCUT2D eigenvalue weighted by Crippen LogP contribution is 2.10. The van der Waals surface area contributed by atoms with Gasteiger partial charge in [0.05, 0.1) is 12.4 Å². The fourth-order valence-electron chi connectivity index (χ4n) is 1.79. The fourth-order valence-corrected chi connectivity index (χ4v) is 1.79. The number of nitrogens with zero attached hydrogens (tertiary/aromatic N) is 1. The maximum atomic E-state index is 11.9. The van der Waals surface area contributed by atoms with Gasteiger partial charge in [-0.25, -0.2) is 4.79 Å². The molecule has 2 atom stereocenters. The first-order valence-electron chi connectivity index (χ1n) is 6.77. The van der Waals surface area contributed by atoms with Crippen molar-refractivity contribution in [3.63, 3.8) is 0 Å². The maximum absolute atomic E-state index is 11.9. The van der Waals surface area contributed by atoms with Crippen molar-refractivity contribution in [2.24, 2.45) is 5.92 Å². The standard InChI is InChI=1S/C15H27NO3/c1-7-8-14(17)13(6)9-10-19-15(18)16(11(2)3)12(4)5/h7-14,17H,1-6H3/b8-7+,10-9+/t13-,14+/m0/s1. The summed E-state index contributed by atoms with van der Waals surface area (Å²) >= 11 is 0. The molecule has 0 saturated carbocycles. The van der Waals surface area contributed by atoms with E-state index in [1.807, 2.05) is 41.5 Å². The third-order valence-corrected chi connectivity index (χ3v) is 2.80. The van der Waals surface area contributed by atoms with E-state index < -0.39 is 6.10 Å². The summed E-state index contributed by atoms with van der Waals surface area (Å²) in [5.41, 5.74) is 0. The number of carbonyl (C=O) groups excluding carboxylic acids is 1. The van der Waals surface area contributed by atoms with E-state index in [1.165, 1.54) is 6.26 Å². The number of ether oxygens (including phenoxy) is 1. The topological polar surface area (TPSA) is 49.8 Å². The number of rotatable bonds is 6. The molecule has 0 aliphatic carbocycles. The minimum atomic E-state index is -0.564. The molecule has 0 aliphatic rings. The van der Waals surface area contributed by atoms with E-state index in [1.54, 1.807) is 23.1 Å². The van der Waals surface area contributed by atoms with Crippen molar-refractivity contribution in [2.75, 3.05) is 0 Å². The van der Waals surface area contributed by atoms with Gasteiger partial charge in [-0.3, -0.25) is 0 Å². The summed E-state index contributed by atoms with van der Waals surface area (Å²) in [6, 6.07) is 0.180. The van der Waals surface area contributed by atoms with E-state index in [2.05, 4.69) is 0 Å². The molecule has 0 aromatic rings. The number of carbonyl (C=O) groups is 1. The second kappa shape index (κ2) is 8.75. The molecule has 1 amide bonds. The lowest BCUT2D eigenvalue weighted by atomic mass is 10.1. The van der Waals surface area contributed by atoms with Crippen LogP contribution in [-0.4, -0.2) is 34.3 Å². The number of hydrogen-bond acceptors (Lipinski definition) is 3. The van der Waals surface area contributed by atoms with Gasteiger partial charge >= 0.3 is 6.09 Å². The molecular weight excluding hydrogens is 242 g/mol. The van der Waals surface area contributed by atoms with Crippen molar-refractivity contribution in [3.8, 4) is 0 Å². The first kappa shape index (κ1) is 17.7. The fraction of sp³-hybridized carbons (Fsp3) is 0.667. The van der Waals surface area contributed by atoms with Crippen molar-refractivity contribution in [1.82, 2.24) is 4.90 Å². The molecule has 1 N–H and O–H groups in total. The van der Waals surface area contributed by atoms with Crippen LogP contribution < -0.4 is 0 Å². The van der Waals surface area contributed by atoms with E-state index in [-0.39, 0.29) is 24.1 Å². The molecule has 0 spiro atoms. The molecule has 0 aromatic carbocycles. The Bertz CT molecular complexity index is 313. The number of aliphatic hydroxyl groups is 1. The summed E-state index contributed by atoms with van der Waals surface area (Å²) in [5.74, 6) is -0.101. The van der Waals surface area contributed by atoms with E-state index in [0.29, 0.717) is 0 Å². The Morgan fingerprint density at radius 3 is 2.05 bits per heavy atom. The summed E-state index contributed by atoms with van der Waals surface area (Å²) in [7, 11) is 0. The average molecular weight is 269 g/mol. The van der Waals surface area contributed by atoms with Crippen LogP contribution in [0, 0.1) is 5.92 Å². The predicted molar refractivity (Wildman–Crippen MR) is 77.7 cm³/mol. The van der Waals surface area contributed by atoms with E-state index in [9.17, 15) is 9.90 Å². The van der Waals surface area contributed by atoms with Crippen molar-refractivity contribution in [2.45, 2.75) is 59.7 Å². The van der Waals surface area contributed by atoms with Crippen LogP contribution in [0.3, 0.4) is 0 Å². The molecule has 0 aromatic heterocycles. The second-order valence-corrected chi connectivity index (χ2v) is 5.18. The minimum Gasteiger partial charge on any atom is -0.418 e. The van der Waals surface area contributed by atoms with E-state index in [0.717, 1.165) is 0 Å². The largest absolute Gasteiger partial charge is 0.418 e. The number of allylic oxidation sites excluding steroid dienone is 1. The van der Waals surface area contributed by atoms with E-state index >= 15 is 0 Å². The van der Waals surface area contributed by atoms with Gasteiger partial charge in [-0.1, -0.05) is 19.1 Å². The Labute approximate surface area is 116 Å². The normalized spacial score (nSPS) is 15.4. The molecule has 110 valence electrons. The third-order valence-electron chi connectivity index (χ3n) is 2.80. The summed E-state index contributed by atoms with van der Waals surface area (Å²) < 4.78 is 5.10. The van der Waals surface area contributed by atoms with Crippen LogP contribution in [0.2, 0.25) is 0 Å². The summed E-state index contributed by atoms with van der Waals surface area (Å²) in [5, 5.41) is 9.68. The summed E-state index contributed by atoms with van der Waals surface area (Å²) in [6.07, 6.45) is 5.60. The van der Waals surface area contributed by atoms with Gasteiger partial charge in [0.25, 0.3) is 0 Å². The summed E-state index contributed by atoms with van der Waals surface area (Å²) in [4.78, 5) is 13.5. The molecular formula is C15H27NO3. The van der Waals surface area contributed by atoms with E-state index in [4.69, 9.17) is 4.74 Å². The molecule has 19 heavy (non-hydrogen) atoms. The van der Waals surface area contributed by atoms with Gasteiger partial charge in [-0.05, 0) is 40.7 Å². The highest BCUT2D eigenvalue weighted by atomic mass is 16.5. The van der Waals surface area contributed by atoms with Crippen molar-refractivity contribution in [3.05, 3.63) is 24.5 Å². The molecule has 0 bridgehead atoms. The first-order chi connectivity index (χ1) is 8.81. The average Bonchev–Trinajstić information content (AvgIpc) is 2.27. The zero-order chi connectivity index (χ0) is 15.0. The Kier molecular flexibility index (Phi) is 8.16. The highest BCUT2D eigenvalue weighted by Gasteiger charge is 2.20. The summed E-state index contributed by atoms with van der Waals surface area (Å²) in [6.45, 7) is 11.5.